The second kappa shape index (κ2) is 5.84. The summed E-state index contributed by atoms with van der Waals surface area (Å²) in [6.45, 7) is 3.25. The molecular weight excluding hydrogens is 313 g/mol. The molecule has 0 unspecified atom stereocenters. The molecule has 0 spiro atoms. The first-order valence-corrected chi connectivity index (χ1v) is 6.02. The molecule has 0 N–H and O–H groups in total. The van der Waals surface area contributed by atoms with Crippen molar-refractivity contribution in [3.8, 4) is 0 Å². The Labute approximate surface area is 111 Å². The van der Waals surface area contributed by atoms with E-state index in [0.29, 0.717) is 4.47 Å². The van der Waals surface area contributed by atoms with Gasteiger partial charge in [0.1, 0.15) is 6.61 Å². The summed E-state index contributed by atoms with van der Waals surface area (Å²) in [6, 6.07) is 2.96. The van der Waals surface area contributed by atoms with E-state index in [2.05, 4.69) is 15.9 Å². The molecule has 0 amide bonds. The van der Waals surface area contributed by atoms with Crippen molar-refractivity contribution in [1.82, 2.24) is 0 Å². The predicted octanol–water partition coefficient (Wildman–Crippen LogP) is 4.08. The molecule has 0 aliphatic heterocycles. The van der Waals surface area contributed by atoms with Crippen LogP contribution in [0.25, 0.3) is 0 Å². The van der Waals surface area contributed by atoms with Crippen LogP contribution in [0.4, 0.5) is 13.2 Å². The third kappa shape index (κ3) is 4.10. The van der Waals surface area contributed by atoms with E-state index < -0.39 is 17.5 Å². The van der Waals surface area contributed by atoms with E-state index in [1.165, 1.54) is 6.07 Å². The van der Waals surface area contributed by atoms with E-state index in [1.54, 1.807) is 13.8 Å². The van der Waals surface area contributed by atoms with Gasteiger partial charge in [-0.05, 0) is 32.0 Å². The second-order valence-corrected chi connectivity index (χ2v) is 4.83. The summed E-state index contributed by atoms with van der Waals surface area (Å²) >= 11 is 3.06. The first-order chi connectivity index (χ1) is 8.21. The number of halogens is 4. The van der Waals surface area contributed by atoms with Crippen LogP contribution in [0.3, 0.4) is 0 Å². The van der Waals surface area contributed by atoms with Gasteiger partial charge in [0, 0.05) is 10.0 Å². The average Bonchev–Trinajstić information content (AvgIpc) is 2.24. The van der Waals surface area contributed by atoms with Crippen molar-refractivity contribution < 1.29 is 22.7 Å². The van der Waals surface area contributed by atoms with Crippen LogP contribution in [0.15, 0.2) is 22.7 Å². The standard InChI is InChI=1S/C12H12BrF3O2/c1-7(2)18-6-11(17)9-5-8(12(14,15)16)3-4-10(9)13/h3-5,7H,6H2,1-2H3. The first-order valence-electron chi connectivity index (χ1n) is 5.23. The minimum Gasteiger partial charge on any atom is -0.371 e. The maximum Gasteiger partial charge on any atom is 0.416 e. The maximum absolute atomic E-state index is 12.5. The van der Waals surface area contributed by atoms with Crippen LogP contribution in [0.2, 0.25) is 0 Å². The van der Waals surface area contributed by atoms with Crippen molar-refractivity contribution in [2.45, 2.75) is 26.1 Å². The summed E-state index contributed by atoms with van der Waals surface area (Å²) in [4.78, 5) is 11.7. The van der Waals surface area contributed by atoms with Crippen molar-refractivity contribution in [3.05, 3.63) is 33.8 Å². The molecule has 0 aliphatic rings. The van der Waals surface area contributed by atoms with Gasteiger partial charge in [0.2, 0.25) is 0 Å². The van der Waals surface area contributed by atoms with Gasteiger partial charge in [-0.25, -0.2) is 0 Å². The average molecular weight is 325 g/mol. The summed E-state index contributed by atoms with van der Waals surface area (Å²) in [5.41, 5.74) is -0.871. The van der Waals surface area contributed by atoms with Crippen molar-refractivity contribution in [1.29, 1.82) is 0 Å². The van der Waals surface area contributed by atoms with Gasteiger partial charge in [-0.2, -0.15) is 13.2 Å². The van der Waals surface area contributed by atoms with E-state index >= 15 is 0 Å². The summed E-state index contributed by atoms with van der Waals surface area (Å²) in [7, 11) is 0. The highest BCUT2D eigenvalue weighted by molar-refractivity contribution is 9.10. The van der Waals surface area contributed by atoms with Gasteiger partial charge in [-0.15, -0.1) is 0 Å². The lowest BCUT2D eigenvalue weighted by atomic mass is 10.1. The highest BCUT2D eigenvalue weighted by Gasteiger charge is 2.31. The van der Waals surface area contributed by atoms with E-state index in [4.69, 9.17) is 4.74 Å². The molecule has 1 aromatic carbocycles. The summed E-state index contributed by atoms with van der Waals surface area (Å²) in [5.74, 6) is -0.485. The number of alkyl halides is 3. The molecule has 18 heavy (non-hydrogen) atoms. The molecule has 0 saturated carbocycles. The number of hydrogen-bond acceptors (Lipinski definition) is 2. The summed E-state index contributed by atoms with van der Waals surface area (Å²) in [6.07, 6.45) is -4.62. The lowest BCUT2D eigenvalue weighted by Crippen LogP contribution is -2.15. The Morgan fingerprint density at radius 1 is 1.39 bits per heavy atom. The third-order valence-corrected chi connectivity index (χ3v) is 2.83. The number of ketones is 1. The monoisotopic (exact) mass is 324 g/mol. The van der Waals surface area contributed by atoms with Crippen LogP contribution in [0.1, 0.15) is 29.8 Å². The Bertz CT molecular complexity index is 441. The van der Waals surface area contributed by atoms with Crippen LogP contribution in [-0.4, -0.2) is 18.5 Å². The van der Waals surface area contributed by atoms with Crippen molar-refractivity contribution in [2.24, 2.45) is 0 Å². The molecule has 0 fully saturated rings. The minimum atomic E-state index is -4.46. The van der Waals surface area contributed by atoms with Gasteiger partial charge in [0.25, 0.3) is 0 Å². The highest BCUT2D eigenvalue weighted by atomic mass is 79.9. The number of benzene rings is 1. The normalized spacial score (nSPS) is 11.9. The smallest absolute Gasteiger partial charge is 0.371 e. The molecule has 6 heteroatoms. The van der Waals surface area contributed by atoms with Crippen molar-refractivity contribution in [3.63, 3.8) is 0 Å². The number of carbonyl (C=O) groups excluding carboxylic acids is 1. The Balaban J connectivity index is 2.97. The lowest BCUT2D eigenvalue weighted by molar-refractivity contribution is -0.137. The molecule has 100 valence electrons. The second-order valence-electron chi connectivity index (χ2n) is 3.98. The molecule has 0 radical (unpaired) electrons. The van der Waals surface area contributed by atoms with E-state index in [9.17, 15) is 18.0 Å². The molecule has 0 aromatic heterocycles. The Morgan fingerprint density at radius 3 is 2.50 bits per heavy atom. The molecule has 1 rings (SSSR count). The van der Waals surface area contributed by atoms with E-state index in [0.717, 1.165) is 12.1 Å². The zero-order chi connectivity index (χ0) is 13.9. The van der Waals surface area contributed by atoms with Crippen LogP contribution in [-0.2, 0) is 10.9 Å². The Hall–Kier alpha value is -0.880. The van der Waals surface area contributed by atoms with Gasteiger partial charge < -0.3 is 4.74 Å². The van der Waals surface area contributed by atoms with Gasteiger partial charge in [-0.3, -0.25) is 4.79 Å². The summed E-state index contributed by atoms with van der Waals surface area (Å²) in [5, 5.41) is 0. The van der Waals surface area contributed by atoms with Crippen molar-refractivity contribution >= 4 is 21.7 Å². The number of hydrogen-bond donors (Lipinski definition) is 0. The molecule has 1 aromatic rings. The molecular formula is C12H12BrF3O2. The Kier molecular flexibility index (Phi) is 4.92. The fourth-order valence-corrected chi connectivity index (χ4v) is 1.70. The molecule has 0 aliphatic carbocycles. The Morgan fingerprint density at radius 2 is 2.00 bits per heavy atom. The topological polar surface area (TPSA) is 26.3 Å². The van der Waals surface area contributed by atoms with Gasteiger partial charge >= 0.3 is 6.18 Å². The zero-order valence-corrected chi connectivity index (χ0v) is 11.4. The SMILES string of the molecule is CC(C)OCC(=O)c1cc(C(F)(F)F)ccc1Br. The molecule has 0 bridgehead atoms. The first kappa shape index (κ1) is 15.2. The molecule has 0 saturated heterocycles. The molecule has 0 heterocycles. The van der Waals surface area contributed by atoms with Crippen LogP contribution in [0, 0.1) is 0 Å². The number of rotatable bonds is 4. The van der Waals surface area contributed by atoms with Crippen LogP contribution >= 0.6 is 15.9 Å². The number of Topliss-reactive ketones (excluding diaryl/α,β-unsaturated/α-hetero) is 1. The van der Waals surface area contributed by atoms with Crippen molar-refractivity contribution in [2.75, 3.05) is 6.61 Å². The maximum atomic E-state index is 12.5. The van der Waals surface area contributed by atoms with E-state index in [1.807, 2.05) is 0 Å². The molecule has 2 nitrogen and oxygen atoms in total. The highest BCUT2D eigenvalue weighted by Crippen LogP contribution is 2.32. The quantitative estimate of drug-likeness (QED) is 0.780. The van der Waals surface area contributed by atoms with Gasteiger partial charge in [0.05, 0.1) is 11.7 Å². The molecule has 0 atom stereocenters. The minimum absolute atomic E-state index is 0.0227. The summed E-state index contributed by atoms with van der Waals surface area (Å²) < 4.78 is 43.0. The van der Waals surface area contributed by atoms with E-state index in [-0.39, 0.29) is 18.3 Å². The lowest BCUT2D eigenvalue weighted by Gasteiger charge is -2.11. The zero-order valence-electron chi connectivity index (χ0n) is 9.84. The number of carbonyl (C=O) groups is 1. The third-order valence-electron chi connectivity index (χ3n) is 2.14. The fraction of sp³-hybridized carbons (Fsp3) is 0.417. The van der Waals surface area contributed by atoms with Gasteiger partial charge in [-0.1, -0.05) is 15.9 Å². The fourth-order valence-electron chi connectivity index (χ4n) is 1.24. The van der Waals surface area contributed by atoms with Crippen LogP contribution < -0.4 is 0 Å². The number of ether oxygens (including phenoxy) is 1. The van der Waals surface area contributed by atoms with Crippen LogP contribution in [0.5, 0.6) is 0 Å². The largest absolute Gasteiger partial charge is 0.416 e. The van der Waals surface area contributed by atoms with Gasteiger partial charge in [0.15, 0.2) is 5.78 Å². The predicted molar refractivity (Wildman–Crippen MR) is 64.6 cm³/mol.